The van der Waals surface area contributed by atoms with Crippen LogP contribution < -0.4 is 0 Å². The lowest BCUT2D eigenvalue weighted by Gasteiger charge is -2.36. The number of aliphatic hydroxyl groups is 1. The Hall–Kier alpha value is -0.860. The lowest BCUT2D eigenvalue weighted by molar-refractivity contribution is -0.0203. The molecule has 1 heterocycles. The molecule has 1 N–H and O–H groups in total. The zero-order chi connectivity index (χ0) is 12.0. The van der Waals surface area contributed by atoms with Crippen LogP contribution in [0.3, 0.4) is 0 Å². The zero-order valence-electron chi connectivity index (χ0n) is 10.6. The minimum absolute atomic E-state index is 0.590. The molecule has 0 spiro atoms. The molecular formula is C14H23NO. The van der Waals surface area contributed by atoms with E-state index in [4.69, 9.17) is 0 Å². The number of hydrogen-bond donors (Lipinski definition) is 1. The van der Waals surface area contributed by atoms with Gasteiger partial charge in [-0.1, -0.05) is 44.2 Å². The highest BCUT2D eigenvalue weighted by molar-refractivity contribution is 5.22. The fourth-order valence-electron chi connectivity index (χ4n) is 2.03. The van der Waals surface area contributed by atoms with Crippen LogP contribution in [-0.4, -0.2) is 30.1 Å². The monoisotopic (exact) mass is 221 g/mol. The number of nitrogens with zero attached hydrogens (tertiary/aromatic N) is 1. The lowest BCUT2D eigenvalue weighted by Crippen LogP contribution is -2.40. The molecule has 0 atom stereocenters. The minimum atomic E-state index is -0.590. The number of hydrogen-bond acceptors (Lipinski definition) is 2. The van der Waals surface area contributed by atoms with Gasteiger partial charge in [0.2, 0.25) is 0 Å². The van der Waals surface area contributed by atoms with Gasteiger partial charge in [-0.2, -0.15) is 0 Å². The predicted octanol–water partition coefficient (Wildman–Crippen LogP) is 2.63. The van der Waals surface area contributed by atoms with E-state index in [-0.39, 0.29) is 0 Å². The molecule has 1 fully saturated rings. The molecule has 1 aromatic rings. The summed E-state index contributed by atoms with van der Waals surface area (Å²) in [5, 5.41) is 10.4. The van der Waals surface area contributed by atoms with Crippen LogP contribution in [0.25, 0.3) is 0 Å². The Bertz CT molecular complexity index is 289. The van der Waals surface area contributed by atoms with Crippen molar-refractivity contribution in [2.24, 2.45) is 0 Å². The summed E-state index contributed by atoms with van der Waals surface area (Å²) in [7, 11) is 2.10. The second-order valence-corrected chi connectivity index (χ2v) is 4.20. The maximum Gasteiger partial charge on any atom is 0.0920 e. The van der Waals surface area contributed by atoms with Gasteiger partial charge >= 0.3 is 0 Å². The predicted molar refractivity (Wildman–Crippen MR) is 68.4 cm³/mol. The average Bonchev–Trinajstić information content (AvgIpc) is 2.37. The first-order valence-corrected chi connectivity index (χ1v) is 6.17. The van der Waals surface area contributed by atoms with E-state index in [9.17, 15) is 5.11 Å². The molecule has 0 bridgehead atoms. The van der Waals surface area contributed by atoms with Crippen LogP contribution in [0.15, 0.2) is 30.3 Å². The van der Waals surface area contributed by atoms with Crippen molar-refractivity contribution in [1.82, 2.24) is 4.90 Å². The number of rotatable bonds is 1. The van der Waals surface area contributed by atoms with Gasteiger partial charge in [0, 0.05) is 13.1 Å². The molecule has 90 valence electrons. The maximum absolute atomic E-state index is 10.4. The summed E-state index contributed by atoms with van der Waals surface area (Å²) in [6.45, 7) is 5.96. The summed E-state index contributed by atoms with van der Waals surface area (Å²) in [6.07, 6.45) is 1.68. The molecule has 0 aliphatic carbocycles. The largest absolute Gasteiger partial charge is 0.385 e. The minimum Gasteiger partial charge on any atom is -0.385 e. The van der Waals surface area contributed by atoms with Gasteiger partial charge in [-0.25, -0.2) is 0 Å². The molecule has 1 saturated heterocycles. The van der Waals surface area contributed by atoms with Gasteiger partial charge in [0.15, 0.2) is 0 Å². The molecular weight excluding hydrogens is 198 g/mol. The van der Waals surface area contributed by atoms with Crippen LogP contribution in [0.1, 0.15) is 32.3 Å². The molecule has 0 radical (unpaired) electrons. The van der Waals surface area contributed by atoms with E-state index >= 15 is 0 Å². The fraction of sp³-hybridized carbons (Fsp3) is 0.571. The number of likely N-dealkylation sites (tertiary alicyclic amines) is 1. The molecule has 0 aromatic heterocycles. The number of benzene rings is 1. The first kappa shape index (κ1) is 13.2. The second-order valence-electron chi connectivity index (χ2n) is 4.20. The summed E-state index contributed by atoms with van der Waals surface area (Å²) < 4.78 is 0. The van der Waals surface area contributed by atoms with Crippen molar-refractivity contribution in [1.29, 1.82) is 0 Å². The van der Waals surface area contributed by atoms with E-state index in [2.05, 4.69) is 11.9 Å². The summed E-state index contributed by atoms with van der Waals surface area (Å²) in [4.78, 5) is 2.26. The molecule has 2 heteroatoms. The highest BCUT2D eigenvalue weighted by atomic mass is 16.3. The third-order valence-electron chi connectivity index (χ3n) is 3.13. The van der Waals surface area contributed by atoms with Crippen LogP contribution in [0.4, 0.5) is 0 Å². The van der Waals surface area contributed by atoms with Crippen molar-refractivity contribution in [3.05, 3.63) is 35.9 Å². The SMILES string of the molecule is CC.CN1CCC(O)(c2ccccc2)CC1. The average molecular weight is 221 g/mol. The smallest absolute Gasteiger partial charge is 0.0920 e. The van der Waals surface area contributed by atoms with E-state index in [0.29, 0.717) is 0 Å². The second kappa shape index (κ2) is 6.02. The Morgan fingerprint density at radius 3 is 2.06 bits per heavy atom. The van der Waals surface area contributed by atoms with Crippen LogP contribution in [0.2, 0.25) is 0 Å². The van der Waals surface area contributed by atoms with Crippen LogP contribution in [-0.2, 0) is 5.60 Å². The molecule has 16 heavy (non-hydrogen) atoms. The van der Waals surface area contributed by atoms with Gasteiger partial charge < -0.3 is 10.0 Å². The first-order chi connectivity index (χ1) is 7.71. The van der Waals surface area contributed by atoms with E-state index in [1.165, 1.54) is 0 Å². The van der Waals surface area contributed by atoms with Crippen molar-refractivity contribution in [2.75, 3.05) is 20.1 Å². The third-order valence-corrected chi connectivity index (χ3v) is 3.13. The summed E-state index contributed by atoms with van der Waals surface area (Å²) >= 11 is 0. The van der Waals surface area contributed by atoms with E-state index < -0.39 is 5.60 Å². The van der Waals surface area contributed by atoms with Gasteiger partial charge in [-0.15, -0.1) is 0 Å². The van der Waals surface area contributed by atoms with Gasteiger partial charge in [0.1, 0.15) is 0 Å². The highest BCUT2D eigenvalue weighted by Crippen LogP contribution is 2.31. The van der Waals surface area contributed by atoms with Gasteiger partial charge in [-0.3, -0.25) is 0 Å². The summed E-state index contributed by atoms with van der Waals surface area (Å²) in [5.74, 6) is 0. The van der Waals surface area contributed by atoms with Crippen molar-refractivity contribution >= 4 is 0 Å². The quantitative estimate of drug-likeness (QED) is 0.788. The Morgan fingerprint density at radius 1 is 1.06 bits per heavy atom. The van der Waals surface area contributed by atoms with E-state index in [0.717, 1.165) is 31.5 Å². The van der Waals surface area contributed by atoms with E-state index in [1.807, 2.05) is 44.2 Å². The summed E-state index contributed by atoms with van der Waals surface area (Å²) in [6, 6.07) is 10.0. The fourth-order valence-corrected chi connectivity index (χ4v) is 2.03. The molecule has 0 unspecified atom stereocenters. The topological polar surface area (TPSA) is 23.5 Å². The van der Waals surface area contributed by atoms with Crippen molar-refractivity contribution < 1.29 is 5.11 Å². The molecule has 1 aliphatic rings. The van der Waals surface area contributed by atoms with Crippen molar-refractivity contribution in [3.63, 3.8) is 0 Å². The van der Waals surface area contributed by atoms with Crippen LogP contribution in [0, 0.1) is 0 Å². The van der Waals surface area contributed by atoms with Gasteiger partial charge in [0.05, 0.1) is 5.60 Å². The van der Waals surface area contributed by atoms with E-state index in [1.54, 1.807) is 0 Å². The molecule has 1 aliphatic heterocycles. The Balaban J connectivity index is 0.000000606. The van der Waals surface area contributed by atoms with Gasteiger partial charge in [0.25, 0.3) is 0 Å². The zero-order valence-corrected chi connectivity index (χ0v) is 10.6. The first-order valence-electron chi connectivity index (χ1n) is 6.17. The molecule has 0 saturated carbocycles. The van der Waals surface area contributed by atoms with Gasteiger partial charge in [-0.05, 0) is 25.5 Å². The third kappa shape index (κ3) is 3.06. The number of piperidine rings is 1. The van der Waals surface area contributed by atoms with Crippen molar-refractivity contribution in [2.45, 2.75) is 32.3 Å². The maximum atomic E-state index is 10.4. The van der Waals surface area contributed by atoms with Crippen LogP contribution in [0.5, 0.6) is 0 Å². The Labute approximate surface area is 98.9 Å². The molecule has 2 nitrogen and oxygen atoms in total. The highest BCUT2D eigenvalue weighted by Gasteiger charge is 2.32. The standard InChI is InChI=1S/C12H17NO.C2H6/c1-13-9-7-12(14,8-10-13)11-5-3-2-4-6-11;1-2/h2-6,14H,7-10H2,1H3;1-2H3. The normalized spacial score (nSPS) is 19.8. The molecule has 0 amide bonds. The van der Waals surface area contributed by atoms with Crippen molar-refractivity contribution in [3.8, 4) is 0 Å². The molecule has 1 aromatic carbocycles. The molecule has 2 rings (SSSR count). The Kier molecular flexibility index (Phi) is 4.97. The lowest BCUT2D eigenvalue weighted by atomic mass is 9.85. The van der Waals surface area contributed by atoms with Crippen LogP contribution >= 0.6 is 0 Å². The Morgan fingerprint density at radius 2 is 1.56 bits per heavy atom. The summed E-state index contributed by atoms with van der Waals surface area (Å²) in [5.41, 5.74) is 0.474.